The van der Waals surface area contributed by atoms with Crippen LogP contribution in [0.5, 0.6) is 0 Å². The van der Waals surface area contributed by atoms with Gasteiger partial charge in [0.25, 0.3) is 11.6 Å². The van der Waals surface area contributed by atoms with Gasteiger partial charge < -0.3 is 15.2 Å². The average molecular weight is 348 g/mol. The normalized spacial score (nSPS) is 23.4. The van der Waals surface area contributed by atoms with Crippen LogP contribution in [0, 0.1) is 15.5 Å². The number of rotatable bonds is 6. The zero-order valence-electron chi connectivity index (χ0n) is 13.9. The van der Waals surface area contributed by atoms with Gasteiger partial charge in [-0.1, -0.05) is 6.42 Å². The molecule has 0 bridgehead atoms. The number of carboxylic acid groups (broad SMARTS) is 1. The van der Waals surface area contributed by atoms with Crippen LogP contribution >= 0.6 is 0 Å². The Hall–Kier alpha value is -2.48. The van der Waals surface area contributed by atoms with Gasteiger partial charge in [0.2, 0.25) is 0 Å². The molecule has 0 saturated heterocycles. The minimum Gasteiger partial charge on any atom is -0.478 e. The molecule has 2 N–H and O–H groups in total. The number of hydrogen-bond acceptors (Lipinski definition) is 5. The minimum absolute atomic E-state index is 0.0130. The van der Waals surface area contributed by atoms with Gasteiger partial charge in [0.1, 0.15) is 0 Å². The van der Waals surface area contributed by atoms with Crippen molar-refractivity contribution in [2.45, 2.75) is 44.8 Å². The Kier molecular flexibility index (Phi) is 4.47. The van der Waals surface area contributed by atoms with Crippen LogP contribution in [0.25, 0.3) is 0 Å². The number of nitrogens with one attached hydrogen (secondary N) is 1. The van der Waals surface area contributed by atoms with E-state index in [-0.39, 0.29) is 28.7 Å². The average Bonchev–Trinajstić information content (AvgIpc) is 2.51. The quantitative estimate of drug-likeness (QED) is 0.602. The highest BCUT2D eigenvalue weighted by atomic mass is 16.6. The number of nitrogens with zero attached hydrogens (tertiary/aromatic N) is 1. The molecule has 8 heteroatoms. The number of non-ortho nitro benzene ring substituents is 1. The molecule has 1 aromatic rings. The lowest BCUT2D eigenvalue weighted by Crippen LogP contribution is -2.67. The summed E-state index contributed by atoms with van der Waals surface area (Å²) in [5.41, 5.74) is -0.745. The number of nitro groups is 1. The fourth-order valence-corrected chi connectivity index (χ4v) is 3.85. The Labute approximate surface area is 144 Å². The van der Waals surface area contributed by atoms with Crippen LogP contribution in [0.1, 0.15) is 53.3 Å². The third-order valence-corrected chi connectivity index (χ3v) is 5.38. The number of carbonyl (C=O) groups excluding carboxylic acids is 1. The molecule has 1 aromatic carbocycles. The molecule has 2 atom stereocenters. The summed E-state index contributed by atoms with van der Waals surface area (Å²) in [6.45, 7) is 2.56. The lowest BCUT2D eigenvalue weighted by Gasteiger charge is -2.61. The van der Waals surface area contributed by atoms with Crippen LogP contribution < -0.4 is 5.32 Å². The molecule has 1 spiro atoms. The molecule has 134 valence electrons. The third kappa shape index (κ3) is 2.97. The maximum atomic E-state index is 12.5. The van der Waals surface area contributed by atoms with Crippen LogP contribution in [0.2, 0.25) is 0 Å². The zero-order chi connectivity index (χ0) is 18.2. The topological polar surface area (TPSA) is 119 Å². The smallest absolute Gasteiger partial charge is 0.335 e. The highest BCUT2D eigenvalue weighted by Gasteiger charge is 2.59. The van der Waals surface area contributed by atoms with E-state index in [2.05, 4.69) is 5.32 Å². The zero-order valence-corrected chi connectivity index (χ0v) is 13.9. The van der Waals surface area contributed by atoms with Crippen molar-refractivity contribution in [2.24, 2.45) is 5.41 Å². The molecular weight excluding hydrogens is 328 g/mol. The first-order valence-electron chi connectivity index (χ1n) is 8.32. The summed E-state index contributed by atoms with van der Waals surface area (Å²) >= 11 is 0. The van der Waals surface area contributed by atoms with E-state index < -0.39 is 22.5 Å². The van der Waals surface area contributed by atoms with Crippen molar-refractivity contribution in [3.63, 3.8) is 0 Å². The molecule has 2 aliphatic carbocycles. The van der Waals surface area contributed by atoms with Gasteiger partial charge in [0.15, 0.2) is 0 Å². The number of amides is 1. The molecule has 0 radical (unpaired) electrons. The van der Waals surface area contributed by atoms with Crippen molar-refractivity contribution in [3.05, 3.63) is 39.4 Å². The fourth-order valence-electron chi connectivity index (χ4n) is 3.85. The van der Waals surface area contributed by atoms with Gasteiger partial charge in [0, 0.05) is 35.8 Å². The molecule has 2 unspecified atom stereocenters. The Bertz CT molecular complexity index is 696. The van der Waals surface area contributed by atoms with E-state index in [1.165, 1.54) is 0 Å². The number of carboxylic acids is 1. The minimum atomic E-state index is -1.31. The molecule has 8 nitrogen and oxygen atoms in total. The molecule has 3 rings (SSSR count). The molecule has 0 aromatic heterocycles. The Morgan fingerprint density at radius 1 is 1.36 bits per heavy atom. The van der Waals surface area contributed by atoms with Gasteiger partial charge >= 0.3 is 5.97 Å². The lowest BCUT2D eigenvalue weighted by molar-refractivity contribution is -0.384. The molecule has 0 heterocycles. The summed E-state index contributed by atoms with van der Waals surface area (Å²) in [7, 11) is 0. The van der Waals surface area contributed by atoms with Gasteiger partial charge in [-0.05, 0) is 32.3 Å². The number of hydrogen-bond donors (Lipinski definition) is 2. The van der Waals surface area contributed by atoms with Gasteiger partial charge in [-0.25, -0.2) is 4.79 Å². The van der Waals surface area contributed by atoms with E-state index in [4.69, 9.17) is 9.84 Å². The lowest BCUT2D eigenvalue weighted by atomic mass is 9.51. The van der Waals surface area contributed by atoms with Crippen molar-refractivity contribution in [1.29, 1.82) is 0 Å². The van der Waals surface area contributed by atoms with Crippen LogP contribution in [0.4, 0.5) is 5.69 Å². The molecular formula is C17H20N2O6. The predicted molar refractivity (Wildman–Crippen MR) is 87.6 cm³/mol. The first-order valence-corrected chi connectivity index (χ1v) is 8.32. The molecule has 2 aliphatic rings. The Morgan fingerprint density at radius 2 is 2.04 bits per heavy atom. The summed E-state index contributed by atoms with van der Waals surface area (Å²) in [6, 6.07) is 3.17. The van der Waals surface area contributed by atoms with E-state index in [9.17, 15) is 19.7 Å². The third-order valence-electron chi connectivity index (χ3n) is 5.38. The van der Waals surface area contributed by atoms with E-state index in [1.807, 2.05) is 6.92 Å². The second-order valence-electron chi connectivity index (χ2n) is 6.62. The maximum absolute atomic E-state index is 12.5. The number of ether oxygens (including phenoxy) is 1. The van der Waals surface area contributed by atoms with Crippen molar-refractivity contribution in [2.75, 3.05) is 6.61 Å². The molecule has 0 aliphatic heterocycles. The number of benzene rings is 1. The summed E-state index contributed by atoms with van der Waals surface area (Å²) in [6.07, 6.45) is 3.91. The predicted octanol–water partition coefficient (Wildman–Crippen LogP) is 2.37. The monoisotopic (exact) mass is 348 g/mol. The maximum Gasteiger partial charge on any atom is 0.335 e. The van der Waals surface area contributed by atoms with Crippen LogP contribution in [-0.4, -0.2) is 40.7 Å². The molecule has 25 heavy (non-hydrogen) atoms. The summed E-state index contributed by atoms with van der Waals surface area (Å²) in [5.74, 6) is -1.80. The Morgan fingerprint density at radius 3 is 2.56 bits per heavy atom. The van der Waals surface area contributed by atoms with E-state index >= 15 is 0 Å². The van der Waals surface area contributed by atoms with Gasteiger partial charge in [0.05, 0.1) is 16.6 Å². The first kappa shape index (κ1) is 17.3. The highest BCUT2D eigenvalue weighted by Crippen LogP contribution is 2.57. The molecule has 2 saturated carbocycles. The molecule has 2 fully saturated rings. The van der Waals surface area contributed by atoms with E-state index in [1.54, 1.807) is 0 Å². The standard InChI is InChI=1S/C17H20N2O6/c1-2-25-14-9-13(17(14)4-3-5-17)18-15(20)10-6-11(16(21)22)8-12(7-10)19(23)24/h6-8,13-14H,2-5,9H2,1H3,(H,18,20)(H,21,22). The SMILES string of the molecule is CCOC1CC(NC(=O)c2cc(C(=O)O)cc([N+](=O)[O-])c2)C12CCC2. The number of nitro benzene ring substituents is 1. The Balaban J connectivity index is 1.78. The largest absolute Gasteiger partial charge is 0.478 e. The van der Waals surface area contributed by atoms with Gasteiger partial charge in [-0.15, -0.1) is 0 Å². The van der Waals surface area contributed by atoms with Gasteiger partial charge in [-0.2, -0.15) is 0 Å². The van der Waals surface area contributed by atoms with E-state index in [0.29, 0.717) is 13.0 Å². The number of aromatic carboxylic acids is 1. The summed E-state index contributed by atoms with van der Waals surface area (Å²) in [5, 5.41) is 23.0. The van der Waals surface area contributed by atoms with Crippen LogP contribution in [-0.2, 0) is 4.74 Å². The van der Waals surface area contributed by atoms with Crippen molar-refractivity contribution < 1.29 is 24.4 Å². The molecule has 1 amide bonds. The number of carbonyl (C=O) groups is 2. The second kappa shape index (κ2) is 6.44. The van der Waals surface area contributed by atoms with Crippen LogP contribution in [0.3, 0.4) is 0 Å². The highest BCUT2D eigenvalue weighted by molar-refractivity contribution is 5.98. The van der Waals surface area contributed by atoms with Gasteiger partial charge in [-0.3, -0.25) is 14.9 Å². The summed E-state index contributed by atoms with van der Waals surface area (Å²) in [4.78, 5) is 33.9. The summed E-state index contributed by atoms with van der Waals surface area (Å²) < 4.78 is 5.74. The van der Waals surface area contributed by atoms with Crippen molar-refractivity contribution in [1.82, 2.24) is 5.32 Å². The van der Waals surface area contributed by atoms with Crippen LogP contribution in [0.15, 0.2) is 18.2 Å². The first-order chi connectivity index (χ1) is 11.9. The second-order valence-corrected chi connectivity index (χ2v) is 6.62. The van der Waals surface area contributed by atoms with Crippen molar-refractivity contribution >= 4 is 17.6 Å². The van der Waals surface area contributed by atoms with E-state index in [0.717, 1.165) is 37.5 Å². The fraction of sp³-hybridized carbons (Fsp3) is 0.529. The van der Waals surface area contributed by atoms with Crippen molar-refractivity contribution in [3.8, 4) is 0 Å².